The molecule has 0 fully saturated rings. The quantitative estimate of drug-likeness (QED) is 0.155. The Morgan fingerprint density at radius 1 is 0.574 bits per heavy atom. The first-order chi connectivity index (χ1) is 21.8. The Bertz CT molecular complexity index is 1850. The second-order valence-corrected chi connectivity index (χ2v) is 68.5. The monoisotopic (exact) mass is 821 g/mol. The molecule has 2 atom stereocenters. The van der Waals surface area contributed by atoms with Crippen LogP contribution in [0, 0.1) is 5.92 Å². The van der Waals surface area contributed by atoms with Crippen LogP contribution in [0.1, 0.15) is 49.9 Å². The van der Waals surface area contributed by atoms with E-state index in [2.05, 4.69) is 180 Å². The van der Waals surface area contributed by atoms with E-state index in [4.69, 9.17) is 0 Å². The van der Waals surface area contributed by atoms with Gasteiger partial charge in [0, 0.05) is 0 Å². The Balaban J connectivity index is 1.49. The van der Waals surface area contributed by atoms with Gasteiger partial charge < -0.3 is 0 Å². The van der Waals surface area contributed by atoms with Gasteiger partial charge in [-0.15, -0.1) is 0 Å². The maximum absolute atomic E-state index is 4.56. The first-order valence-electron chi connectivity index (χ1n) is 18.0. The second kappa shape index (κ2) is 11.3. The molecule has 47 heavy (non-hydrogen) atoms. The van der Waals surface area contributed by atoms with Crippen LogP contribution in [0.15, 0.2) is 97.1 Å². The van der Waals surface area contributed by atoms with Crippen molar-refractivity contribution in [3.63, 3.8) is 0 Å². The first-order valence-corrected chi connectivity index (χ1v) is 42.0. The van der Waals surface area contributed by atoms with Crippen LogP contribution in [0.4, 0.5) is 0 Å². The Kier molecular flexibility index (Phi) is 8.26. The number of allylic oxidation sites excluding steroid dienone is 2. The fraction of sp³-hybridized carbons (Fsp3) is 0.341. The number of rotatable bonds is 8. The van der Waals surface area contributed by atoms with E-state index < -0.39 is 32.7 Å². The molecular formula is C44H57HfSi2. The molecule has 0 bridgehead atoms. The third-order valence-electron chi connectivity index (χ3n) is 12.0. The summed E-state index contributed by atoms with van der Waals surface area (Å²) < 4.78 is 12.1. The van der Waals surface area contributed by atoms with Gasteiger partial charge in [0.05, 0.1) is 0 Å². The van der Waals surface area contributed by atoms with Crippen molar-refractivity contribution in [1.82, 2.24) is 0 Å². The van der Waals surface area contributed by atoms with Crippen LogP contribution in [0.25, 0.3) is 34.4 Å². The summed E-state index contributed by atoms with van der Waals surface area (Å²) in [4.78, 5) is 0. The molecule has 4 aromatic rings. The summed E-state index contributed by atoms with van der Waals surface area (Å²) in [5.74, 6) is 0.627. The van der Waals surface area contributed by atoms with Crippen LogP contribution >= 0.6 is 0 Å². The zero-order valence-corrected chi connectivity index (χ0v) is 36.5. The zero-order chi connectivity index (χ0) is 34.1. The Morgan fingerprint density at radius 2 is 0.957 bits per heavy atom. The number of hydrogen-bond donors (Lipinski definition) is 0. The van der Waals surface area contributed by atoms with Crippen LogP contribution in [0.5, 0.6) is 0 Å². The van der Waals surface area contributed by atoms with Gasteiger partial charge in [-0.2, -0.15) is 0 Å². The molecule has 6 rings (SSSR count). The van der Waals surface area contributed by atoms with Crippen molar-refractivity contribution in [2.75, 3.05) is 0 Å². The fourth-order valence-electron chi connectivity index (χ4n) is 8.74. The summed E-state index contributed by atoms with van der Waals surface area (Å²) >= 11 is -4.56. The topological polar surface area (TPSA) is 0 Å². The van der Waals surface area contributed by atoms with Crippen molar-refractivity contribution in [1.29, 1.82) is 0 Å². The molecular weight excluding hydrogens is 763 g/mol. The number of fused-ring (bicyclic) bond motifs is 2. The SMILES string of the molecule is CC(C)C[CH]=[Hf]([CH3])([CH3])([CH3])([CH]1C=Cc2c(-c3ccc([Si](C)(C)C)cc3)cccc21)[CH]1C=Cc2c(-c3ccc([Si](C)(C)C)cc3)cccc21. The molecule has 2 aliphatic rings. The van der Waals surface area contributed by atoms with Gasteiger partial charge in [-0.3, -0.25) is 0 Å². The zero-order valence-electron chi connectivity index (χ0n) is 30.9. The van der Waals surface area contributed by atoms with E-state index in [9.17, 15) is 0 Å². The Morgan fingerprint density at radius 3 is 1.30 bits per heavy atom. The van der Waals surface area contributed by atoms with E-state index in [1.165, 1.54) is 54.9 Å². The average molecular weight is 821 g/mol. The molecule has 3 heteroatoms. The van der Waals surface area contributed by atoms with Gasteiger partial charge in [-0.05, 0) is 0 Å². The van der Waals surface area contributed by atoms with Crippen molar-refractivity contribution >= 4 is 42.4 Å². The van der Waals surface area contributed by atoms with Gasteiger partial charge in [-0.1, -0.05) is 0 Å². The van der Waals surface area contributed by atoms with Crippen molar-refractivity contribution in [3.05, 3.63) is 119 Å². The molecule has 4 aromatic carbocycles. The standard InChI is InChI=1S/2C18H19Si.C5H10.3CH3.Hf/c2*1-19(2,3)16-12-10-15(11-13-16)18-9-5-7-14-6-4-8-17(14)18;1-4-5(2)3;;;;/h2*4-13H,1-3H3;1,5H,4H2,2-3H3;3*1H3;. The van der Waals surface area contributed by atoms with Gasteiger partial charge in [0.25, 0.3) is 0 Å². The summed E-state index contributed by atoms with van der Waals surface area (Å²) in [7, 11) is -2.69. The molecule has 0 N–H and O–H groups in total. The van der Waals surface area contributed by atoms with Gasteiger partial charge in [-0.25, -0.2) is 0 Å². The fourth-order valence-corrected chi connectivity index (χ4v) is 37.0. The third-order valence-corrected chi connectivity index (χ3v) is 45.3. The molecule has 2 aliphatic carbocycles. The predicted octanol–water partition coefficient (Wildman–Crippen LogP) is 12.2. The molecule has 0 nitrogen and oxygen atoms in total. The van der Waals surface area contributed by atoms with Gasteiger partial charge in [0.1, 0.15) is 0 Å². The molecule has 0 aromatic heterocycles. The van der Waals surface area contributed by atoms with Gasteiger partial charge >= 0.3 is 287 Å². The van der Waals surface area contributed by atoms with Crippen LogP contribution in [0.3, 0.4) is 0 Å². The van der Waals surface area contributed by atoms with Crippen molar-refractivity contribution in [3.8, 4) is 22.3 Å². The second-order valence-electron chi connectivity index (χ2n) is 19.4. The van der Waals surface area contributed by atoms with Gasteiger partial charge in [0.2, 0.25) is 0 Å². The number of benzene rings is 4. The molecule has 0 heterocycles. The summed E-state index contributed by atoms with van der Waals surface area (Å²) in [6, 6.07) is 33.2. The van der Waals surface area contributed by atoms with Crippen LogP contribution in [0.2, 0.25) is 53.3 Å². The van der Waals surface area contributed by atoms with Crippen molar-refractivity contribution < 1.29 is 16.5 Å². The van der Waals surface area contributed by atoms with E-state index in [0.29, 0.717) is 13.3 Å². The van der Waals surface area contributed by atoms with E-state index in [0.717, 1.165) is 6.42 Å². The van der Waals surface area contributed by atoms with E-state index in [1.807, 2.05) is 0 Å². The summed E-state index contributed by atoms with van der Waals surface area (Å²) in [6.45, 7) is 19.4. The predicted molar refractivity (Wildman–Crippen MR) is 216 cm³/mol. The summed E-state index contributed by atoms with van der Waals surface area (Å²) in [5, 5.41) is 3.04. The molecule has 0 aliphatic heterocycles. The van der Waals surface area contributed by atoms with Crippen LogP contribution in [-0.4, -0.2) is 19.9 Å². The average Bonchev–Trinajstić information content (AvgIpc) is 3.66. The maximum atomic E-state index is 2.92. The summed E-state index contributed by atoms with van der Waals surface area (Å²) in [6.07, 6.45) is 11.3. The Hall–Kier alpha value is -2.47. The minimum absolute atomic E-state index is 0.417. The third kappa shape index (κ3) is 6.04. The van der Waals surface area contributed by atoms with E-state index in [1.54, 1.807) is 0 Å². The molecule has 0 amide bonds. The van der Waals surface area contributed by atoms with E-state index in [-0.39, 0.29) is 0 Å². The van der Waals surface area contributed by atoms with Crippen molar-refractivity contribution in [2.24, 2.45) is 5.92 Å². The molecule has 0 saturated heterocycles. The van der Waals surface area contributed by atoms with Gasteiger partial charge in [0.15, 0.2) is 0 Å². The van der Waals surface area contributed by atoms with E-state index >= 15 is 0 Å². The molecule has 0 saturated carbocycles. The first kappa shape index (κ1) is 34.4. The summed E-state index contributed by atoms with van der Waals surface area (Å²) in [5.41, 5.74) is 11.3. The van der Waals surface area contributed by atoms with Crippen molar-refractivity contribution in [2.45, 2.75) is 80.9 Å². The molecule has 0 radical (unpaired) electrons. The molecule has 2 unspecified atom stereocenters. The normalized spacial score (nSPS) is 19.0. The molecule has 0 spiro atoms. The van der Waals surface area contributed by atoms with Crippen LogP contribution in [-0.2, 0) is 16.5 Å². The number of hydrogen-bond acceptors (Lipinski definition) is 0. The Labute approximate surface area is 285 Å². The van der Waals surface area contributed by atoms with Crippen LogP contribution < -0.4 is 10.4 Å². The molecule has 245 valence electrons. The minimum atomic E-state index is -4.56.